The number of aromatic amines is 1. The minimum absolute atomic E-state index is 0.0996. The fourth-order valence-electron chi connectivity index (χ4n) is 4.35. The third kappa shape index (κ3) is 4.93. The number of pyridine rings is 1. The van der Waals surface area contributed by atoms with Crippen LogP contribution in [0.4, 0.5) is 0 Å². The van der Waals surface area contributed by atoms with E-state index in [-0.39, 0.29) is 18.6 Å². The van der Waals surface area contributed by atoms with Crippen molar-refractivity contribution in [2.24, 2.45) is 0 Å². The van der Waals surface area contributed by atoms with Gasteiger partial charge in [-0.3, -0.25) is 4.79 Å². The number of aryl methyl sites for hydroxylation is 1. The van der Waals surface area contributed by atoms with E-state index in [1.807, 2.05) is 38.2 Å². The number of nitrogens with one attached hydrogen (secondary N) is 1. The van der Waals surface area contributed by atoms with E-state index in [1.54, 1.807) is 51.5 Å². The molecule has 2 aromatic carbocycles. The van der Waals surface area contributed by atoms with Gasteiger partial charge < -0.3 is 24.3 Å². The third-order valence-corrected chi connectivity index (χ3v) is 6.43. The fourth-order valence-corrected chi connectivity index (χ4v) is 4.35. The number of H-pyrrole nitrogens is 1. The van der Waals surface area contributed by atoms with Gasteiger partial charge in [-0.2, -0.15) is 0 Å². The van der Waals surface area contributed by atoms with E-state index in [0.29, 0.717) is 40.8 Å². The van der Waals surface area contributed by atoms with Crippen molar-refractivity contribution in [3.05, 3.63) is 71.5 Å². The lowest BCUT2D eigenvalue weighted by atomic mass is 9.92. The van der Waals surface area contributed by atoms with E-state index >= 15 is 0 Å². The zero-order valence-corrected chi connectivity index (χ0v) is 21.3. The highest BCUT2D eigenvalue weighted by atomic mass is 16.5. The summed E-state index contributed by atoms with van der Waals surface area (Å²) in [6.45, 7) is 6.11. The first-order chi connectivity index (χ1) is 17.3. The maximum atomic E-state index is 12.9. The number of nitrogens with zero attached hydrogens (tertiary/aromatic N) is 1. The SMILES string of the molecule is CCOc1ccc(C(=O)CC[C@](C)(O)c2ccc(OC)c(-c3c[nH]c4c(C)cccc34)n2)cc1OC. The van der Waals surface area contributed by atoms with E-state index in [2.05, 4.69) is 4.98 Å². The summed E-state index contributed by atoms with van der Waals surface area (Å²) in [6, 6.07) is 14.7. The number of aliphatic hydroxyl groups is 1. The number of ketones is 1. The Morgan fingerprint density at radius 2 is 1.81 bits per heavy atom. The number of carbonyl (C=O) groups excluding carboxylic acids is 1. The molecular weight excluding hydrogens is 456 g/mol. The molecule has 0 unspecified atom stereocenters. The van der Waals surface area contributed by atoms with Gasteiger partial charge in [0, 0.05) is 34.6 Å². The minimum Gasteiger partial charge on any atom is -0.494 e. The summed E-state index contributed by atoms with van der Waals surface area (Å²) in [6.07, 6.45) is 2.25. The average Bonchev–Trinajstić information content (AvgIpc) is 3.32. The summed E-state index contributed by atoms with van der Waals surface area (Å²) in [7, 11) is 3.14. The molecule has 4 rings (SSSR count). The molecule has 1 atom stereocenters. The molecule has 36 heavy (non-hydrogen) atoms. The van der Waals surface area contributed by atoms with Crippen molar-refractivity contribution in [3.63, 3.8) is 0 Å². The first-order valence-corrected chi connectivity index (χ1v) is 12.0. The second-order valence-corrected chi connectivity index (χ2v) is 8.94. The Hall–Kier alpha value is -3.84. The fraction of sp³-hybridized carbons (Fsp3) is 0.310. The lowest BCUT2D eigenvalue weighted by Gasteiger charge is -2.23. The maximum absolute atomic E-state index is 12.9. The Morgan fingerprint density at radius 1 is 1.06 bits per heavy atom. The molecule has 0 radical (unpaired) electrons. The van der Waals surface area contributed by atoms with Gasteiger partial charge in [-0.05, 0) is 63.1 Å². The number of aromatic nitrogens is 2. The van der Waals surface area contributed by atoms with Gasteiger partial charge in [0.2, 0.25) is 0 Å². The molecule has 0 bridgehead atoms. The Balaban J connectivity index is 1.59. The molecule has 0 aliphatic carbocycles. The molecule has 0 saturated carbocycles. The first kappa shape index (κ1) is 25.3. The van der Waals surface area contributed by atoms with Crippen molar-refractivity contribution >= 4 is 16.7 Å². The van der Waals surface area contributed by atoms with Crippen molar-refractivity contribution in [1.29, 1.82) is 0 Å². The second-order valence-electron chi connectivity index (χ2n) is 8.94. The minimum atomic E-state index is -1.33. The number of hydrogen-bond donors (Lipinski definition) is 2. The van der Waals surface area contributed by atoms with Crippen LogP contribution in [0.3, 0.4) is 0 Å². The first-order valence-electron chi connectivity index (χ1n) is 12.0. The molecule has 0 fully saturated rings. The zero-order chi connectivity index (χ0) is 25.9. The predicted octanol–water partition coefficient (Wildman–Crippen LogP) is 5.82. The molecule has 2 N–H and O–H groups in total. The van der Waals surface area contributed by atoms with Crippen LogP contribution in [0.2, 0.25) is 0 Å². The summed E-state index contributed by atoms with van der Waals surface area (Å²) in [5.74, 6) is 1.60. The van der Waals surface area contributed by atoms with Crippen molar-refractivity contribution in [1.82, 2.24) is 9.97 Å². The number of methoxy groups -OCH3 is 2. The Morgan fingerprint density at radius 3 is 2.53 bits per heavy atom. The van der Waals surface area contributed by atoms with Gasteiger partial charge in [-0.15, -0.1) is 0 Å². The summed E-state index contributed by atoms with van der Waals surface area (Å²) in [5.41, 5.74) is 3.33. The van der Waals surface area contributed by atoms with Gasteiger partial charge in [-0.1, -0.05) is 18.2 Å². The molecule has 0 aliphatic heterocycles. The number of hydrogen-bond acceptors (Lipinski definition) is 6. The summed E-state index contributed by atoms with van der Waals surface area (Å²) in [5, 5.41) is 12.4. The van der Waals surface area contributed by atoms with Crippen LogP contribution in [-0.2, 0) is 5.60 Å². The molecule has 4 aromatic rings. The van der Waals surface area contributed by atoms with Crippen LogP contribution in [0, 0.1) is 6.92 Å². The second kappa shape index (κ2) is 10.4. The molecular formula is C29H32N2O5. The largest absolute Gasteiger partial charge is 0.494 e. The Bertz CT molecular complexity index is 1390. The molecule has 7 nitrogen and oxygen atoms in total. The van der Waals surface area contributed by atoms with Gasteiger partial charge in [0.05, 0.1) is 26.5 Å². The summed E-state index contributed by atoms with van der Waals surface area (Å²) >= 11 is 0. The molecule has 188 valence electrons. The van der Waals surface area contributed by atoms with Crippen LogP contribution in [-0.4, -0.2) is 41.7 Å². The van der Waals surface area contributed by atoms with Gasteiger partial charge in [0.25, 0.3) is 0 Å². The third-order valence-electron chi connectivity index (χ3n) is 6.43. The number of fused-ring (bicyclic) bond motifs is 1. The monoisotopic (exact) mass is 488 g/mol. The smallest absolute Gasteiger partial charge is 0.163 e. The zero-order valence-electron chi connectivity index (χ0n) is 21.3. The van der Waals surface area contributed by atoms with Gasteiger partial charge >= 0.3 is 0 Å². The highest BCUT2D eigenvalue weighted by Gasteiger charge is 2.28. The molecule has 0 aliphatic rings. The Kier molecular flexibility index (Phi) is 7.31. The normalized spacial score (nSPS) is 12.8. The van der Waals surface area contributed by atoms with Crippen LogP contribution < -0.4 is 14.2 Å². The predicted molar refractivity (Wildman–Crippen MR) is 140 cm³/mol. The Labute approximate surface area is 211 Å². The molecule has 2 aromatic heterocycles. The van der Waals surface area contributed by atoms with E-state index in [9.17, 15) is 9.90 Å². The topological polar surface area (TPSA) is 93.7 Å². The van der Waals surface area contributed by atoms with Crippen molar-refractivity contribution in [2.45, 2.75) is 39.2 Å². The molecule has 0 saturated heterocycles. The summed E-state index contributed by atoms with van der Waals surface area (Å²) < 4.78 is 16.5. The maximum Gasteiger partial charge on any atom is 0.163 e. The number of Topliss-reactive ketones (excluding diaryl/α,β-unsaturated/α-hetero) is 1. The van der Waals surface area contributed by atoms with E-state index in [0.717, 1.165) is 22.0 Å². The highest BCUT2D eigenvalue weighted by Crippen LogP contribution is 2.37. The molecule has 7 heteroatoms. The summed E-state index contributed by atoms with van der Waals surface area (Å²) in [4.78, 5) is 21.1. The van der Waals surface area contributed by atoms with Gasteiger partial charge in [-0.25, -0.2) is 4.98 Å². The van der Waals surface area contributed by atoms with E-state index < -0.39 is 5.60 Å². The average molecular weight is 489 g/mol. The van der Waals surface area contributed by atoms with Crippen LogP contribution in [0.25, 0.3) is 22.2 Å². The quantitative estimate of drug-likeness (QED) is 0.273. The van der Waals surface area contributed by atoms with E-state index in [4.69, 9.17) is 19.2 Å². The van der Waals surface area contributed by atoms with Gasteiger partial charge in [0.1, 0.15) is 17.0 Å². The number of ether oxygens (including phenoxy) is 3. The molecule has 0 amide bonds. The van der Waals surface area contributed by atoms with E-state index in [1.165, 1.54) is 0 Å². The number of para-hydroxylation sites is 1. The number of benzene rings is 2. The van der Waals surface area contributed by atoms with Crippen LogP contribution in [0.1, 0.15) is 48.3 Å². The number of rotatable bonds is 10. The standard InChI is InChI=1S/C29H32N2O5/c1-6-36-23-11-10-19(16-25(23)35-5)22(32)14-15-29(3,33)26-13-12-24(34-4)28(31-26)21-17-30-27-18(2)8-7-9-20(21)27/h7-13,16-17,30,33H,6,14-15H2,1-5H3/t29-/m0/s1. The van der Waals surface area contributed by atoms with Crippen LogP contribution in [0.15, 0.2) is 54.7 Å². The molecule has 2 heterocycles. The van der Waals surface area contributed by atoms with Gasteiger partial charge in [0.15, 0.2) is 17.3 Å². The molecule has 0 spiro atoms. The lowest BCUT2D eigenvalue weighted by molar-refractivity contribution is 0.0397. The van der Waals surface area contributed by atoms with Crippen LogP contribution in [0.5, 0.6) is 17.2 Å². The van der Waals surface area contributed by atoms with Crippen molar-refractivity contribution in [2.75, 3.05) is 20.8 Å². The van der Waals surface area contributed by atoms with Crippen LogP contribution >= 0.6 is 0 Å². The number of carbonyl (C=O) groups is 1. The lowest BCUT2D eigenvalue weighted by Crippen LogP contribution is -2.24. The highest BCUT2D eigenvalue weighted by molar-refractivity contribution is 5.98. The van der Waals surface area contributed by atoms with Crippen molar-refractivity contribution in [3.8, 4) is 28.5 Å². The van der Waals surface area contributed by atoms with Crippen molar-refractivity contribution < 1.29 is 24.1 Å².